The first-order valence-corrected chi connectivity index (χ1v) is 6.87. The number of urea groups is 1. The molecule has 0 atom stereocenters. The standard InChI is InChI=1S/C14H13ClN4OS/c15-10-6-8-12(9-7-10)17-14(21)19-18-13(20)16-11-4-2-1-3-5-11/h1-9H,(H2,16,18,20)(H2,17,19,21). The molecule has 108 valence electrons. The second kappa shape index (κ2) is 7.47. The second-order valence-corrected chi connectivity index (χ2v) is 4.88. The molecule has 21 heavy (non-hydrogen) atoms. The molecule has 0 spiro atoms. The summed E-state index contributed by atoms with van der Waals surface area (Å²) in [5, 5.41) is 6.46. The lowest BCUT2D eigenvalue weighted by Crippen LogP contribution is -2.45. The summed E-state index contributed by atoms with van der Waals surface area (Å²) in [4.78, 5) is 11.6. The molecule has 2 aromatic carbocycles. The molecule has 2 amide bonds. The molecule has 0 heterocycles. The topological polar surface area (TPSA) is 65.2 Å². The van der Waals surface area contributed by atoms with E-state index in [1.807, 2.05) is 18.2 Å². The molecular formula is C14H13ClN4OS. The molecule has 0 aromatic heterocycles. The van der Waals surface area contributed by atoms with E-state index in [1.165, 1.54) is 0 Å². The first-order chi connectivity index (χ1) is 10.1. The molecule has 0 aliphatic rings. The average Bonchev–Trinajstić information content (AvgIpc) is 2.49. The lowest BCUT2D eigenvalue weighted by molar-refractivity contribution is 0.250. The van der Waals surface area contributed by atoms with Gasteiger partial charge < -0.3 is 10.6 Å². The van der Waals surface area contributed by atoms with Crippen LogP contribution in [-0.2, 0) is 0 Å². The Labute approximate surface area is 132 Å². The van der Waals surface area contributed by atoms with E-state index >= 15 is 0 Å². The van der Waals surface area contributed by atoms with Crippen molar-refractivity contribution in [2.24, 2.45) is 0 Å². The molecule has 2 aromatic rings. The van der Waals surface area contributed by atoms with Crippen LogP contribution in [0.5, 0.6) is 0 Å². The van der Waals surface area contributed by atoms with Gasteiger partial charge in [0.2, 0.25) is 0 Å². The van der Waals surface area contributed by atoms with E-state index in [-0.39, 0.29) is 5.11 Å². The van der Waals surface area contributed by atoms with Crippen molar-refractivity contribution in [1.82, 2.24) is 10.9 Å². The molecule has 4 N–H and O–H groups in total. The third-order valence-corrected chi connectivity index (χ3v) is 2.88. The van der Waals surface area contributed by atoms with Crippen molar-refractivity contribution in [1.29, 1.82) is 0 Å². The van der Waals surface area contributed by atoms with Gasteiger partial charge in [0.05, 0.1) is 0 Å². The first-order valence-electron chi connectivity index (χ1n) is 6.08. The summed E-state index contributed by atoms with van der Waals surface area (Å²) in [7, 11) is 0. The van der Waals surface area contributed by atoms with Crippen molar-refractivity contribution in [3.05, 3.63) is 59.6 Å². The molecule has 0 saturated carbocycles. The van der Waals surface area contributed by atoms with Crippen LogP contribution in [0.25, 0.3) is 0 Å². The Morgan fingerprint density at radius 2 is 1.48 bits per heavy atom. The van der Waals surface area contributed by atoms with Crippen LogP contribution in [0.2, 0.25) is 5.02 Å². The van der Waals surface area contributed by atoms with E-state index in [9.17, 15) is 4.79 Å². The first kappa shape index (κ1) is 15.1. The number of amides is 2. The number of hydrazine groups is 1. The zero-order chi connectivity index (χ0) is 15.1. The van der Waals surface area contributed by atoms with Gasteiger partial charge in [0, 0.05) is 16.4 Å². The van der Waals surface area contributed by atoms with Crippen LogP contribution in [0.4, 0.5) is 16.2 Å². The normalized spacial score (nSPS) is 9.57. The van der Waals surface area contributed by atoms with Gasteiger partial charge in [-0.15, -0.1) is 0 Å². The van der Waals surface area contributed by atoms with Crippen molar-refractivity contribution < 1.29 is 4.79 Å². The van der Waals surface area contributed by atoms with Crippen LogP contribution in [0, 0.1) is 0 Å². The summed E-state index contributed by atoms with van der Waals surface area (Å²) in [5.74, 6) is 0. The van der Waals surface area contributed by atoms with Crippen molar-refractivity contribution in [2.45, 2.75) is 0 Å². The lowest BCUT2D eigenvalue weighted by Gasteiger charge is -2.12. The monoisotopic (exact) mass is 320 g/mol. The van der Waals surface area contributed by atoms with Crippen LogP contribution in [-0.4, -0.2) is 11.1 Å². The Kier molecular flexibility index (Phi) is 5.36. The second-order valence-electron chi connectivity index (χ2n) is 4.03. The molecule has 7 heteroatoms. The highest BCUT2D eigenvalue weighted by atomic mass is 35.5. The summed E-state index contributed by atoms with van der Waals surface area (Å²) < 4.78 is 0. The van der Waals surface area contributed by atoms with Crippen molar-refractivity contribution in [3.8, 4) is 0 Å². The Balaban J connectivity index is 1.76. The summed E-state index contributed by atoms with van der Waals surface area (Å²) >= 11 is 10.8. The zero-order valence-electron chi connectivity index (χ0n) is 10.9. The van der Waals surface area contributed by atoms with Gasteiger partial charge >= 0.3 is 6.03 Å². The number of anilines is 2. The van der Waals surface area contributed by atoms with Crippen LogP contribution in [0.1, 0.15) is 0 Å². The van der Waals surface area contributed by atoms with E-state index in [4.69, 9.17) is 23.8 Å². The van der Waals surface area contributed by atoms with Gasteiger partial charge in [0.1, 0.15) is 0 Å². The van der Waals surface area contributed by atoms with E-state index in [0.717, 1.165) is 5.69 Å². The van der Waals surface area contributed by atoms with Crippen LogP contribution in [0.3, 0.4) is 0 Å². The fraction of sp³-hybridized carbons (Fsp3) is 0. The van der Waals surface area contributed by atoms with Gasteiger partial charge in [-0.1, -0.05) is 29.8 Å². The van der Waals surface area contributed by atoms with Crippen LogP contribution in [0.15, 0.2) is 54.6 Å². The number of hydrogen-bond donors (Lipinski definition) is 4. The fourth-order valence-electron chi connectivity index (χ4n) is 1.49. The number of carbonyl (C=O) groups excluding carboxylic acids is 1. The van der Waals surface area contributed by atoms with Crippen molar-refractivity contribution >= 4 is 46.3 Å². The number of thiocarbonyl (C=S) groups is 1. The fourth-order valence-corrected chi connectivity index (χ4v) is 1.79. The maximum absolute atomic E-state index is 11.6. The highest BCUT2D eigenvalue weighted by Gasteiger charge is 2.02. The largest absolute Gasteiger partial charge is 0.337 e. The summed E-state index contributed by atoms with van der Waals surface area (Å²) in [5.41, 5.74) is 6.48. The molecular weight excluding hydrogens is 308 g/mol. The highest BCUT2D eigenvalue weighted by Crippen LogP contribution is 2.13. The highest BCUT2D eigenvalue weighted by molar-refractivity contribution is 7.80. The summed E-state index contributed by atoms with van der Waals surface area (Å²) in [6.07, 6.45) is 0. The number of para-hydroxylation sites is 1. The number of halogens is 1. The molecule has 0 aliphatic heterocycles. The minimum atomic E-state index is -0.415. The molecule has 0 fully saturated rings. The van der Waals surface area contributed by atoms with E-state index in [1.54, 1.807) is 36.4 Å². The third-order valence-electron chi connectivity index (χ3n) is 2.42. The summed E-state index contributed by atoms with van der Waals surface area (Å²) in [6.45, 7) is 0. The Bertz CT molecular complexity index is 619. The van der Waals surface area contributed by atoms with Gasteiger partial charge in [-0.3, -0.25) is 5.43 Å². The molecule has 0 radical (unpaired) electrons. The maximum atomic E-state index is 11.6. The molecule has 5 nitrogen and oxygen atoms in total. The predicted octanol–water partition coefficient (Wildman–Crippen LogP) is 3.36. The Hall–Kier alpha value is -2.31. The van der Waals surface area contributed by atoms with Gasteiger partial charge in [0.15, 0.2) is 5.11 Å². The van der Waals surface area contributed by atoms with E-state index < -0.39 is 6.03 Å². The van der Waals surface area contributed by atoms with Crippen molar-refractivity contribution in [2.75, 3.05) is 10.6 Å². The van der Waals surface area contributed by atoms with E-state index in [0.29, 0.717) is 10.7 Å². The quantitative estimate of drug-likeness (QED) is 0.506. The van der Waals surface area contributed by atoms with Gasteiger partial charge in [0.25, 0.3) is 0 Å². The molecule has 0 aliphatic carbocycles. The lowest BCUT2D eigenvalue weighted by atomic mass is 10.3. The van der Waals surface area contributed by atoms with Gasteiger partial charge in [-0.05, 0) is 48.6 Å². The van der Waals surface area contributed by atoms with E-state index in [2.05, 4.69) is 21.5 Å². The van der Waals surface area contributed by atoms with Crippen LogP contribution < -0.4 is 21.5 Å². The smallest absolute Gasteiger partial charge is 0.331 e. The summed E-state index contributed by atoms with van der Waals surface area (Å²) in [6, 6.07) is 15.7. The number of carbonyl (C=O) groups is 1. The Morgan fingerprint density at radius 1 is 0.857 bits per heavy atom. The predicted molar refractivity (Wildman–Crippen MR) is 89.4 cm³/mol. The molecule has 2 rings (SSSR count). The Morgan fingerprint density at radius 3 is 2.14 bits per heavy atom. The van der Waals surface area contributed by atoms with Gasteiger partial charge in [-0.25, -0.2) is 10.2 Å². The number of nitrogens with one attached hydrogen (secondary N) is 4. The van der Waals surface area contributed by atoms with Gasteiger partial charge in [-0.2, -0.15) is 0 Å². The number of hydrogen-bond acceptors (Lipinski definition) is 2. The average molecular weight is 321 g/mol. The minimum Gasteiger partial charge on any atom is -0.331 e. The zero-order valence-corrected chi connectivity index (χ0v) is 12.5. The molecule has 0 saturated heterocycles. The number of rotatable bonds is 2. The minimum absolute atomic E-state index is 0.264. The molecule has 0 unspecified atom stereocenters. The van der Waals surface area contributed by atoms with Crippen molar-refractivity contribution in [3.63, 3.8) is 0 Å². The SMILES string of the molecule is O=C(NNC(=S)Nc1ccc(Cl)cc1)Nc1ccccc1. The van der Waals surface area contributed by atoms with Crippen LogP contribution >= 0.6 is 23.8 Å². The molecule has 0 bridgehead atoms. The maximum Gasteiger partial charge on any atom is 0.337 e. The third kappa shape index (κ3) is 5.29. The number of benzene rings is 2.